The van der Waals surface area contributed by atoms with Gasteiger partial charge in [0.1, 0.15) is 18.2 Å². The molecule has 1 aromatic heterocycles. The molecule has 180 valence electrons. The van der Waals surface area contributed by atoms with Gasteiger partial charge in [0, 0.05) is 23.4 Å². The van der Waals surface area contributed by atoms with Crippen LogP contribution in [-0.4, -0.2) is 47.6 Å². The van der Waals surface area contributed by atoms with Gasteiger partial charge >= 0.3 is 6.01 Å². The molecule has 0 spiro atoms. The van der Waals surface area contributed by atoms with Crippen LogP contribution in [0.1, 0.15) is 17.3 Å². The fourth-order valence-electron chi connectivity index (χ4n) is 3.34. The Hall–Kier alpha value is -4.24. The zero-order valence-electron chi connectivity index (χ0n) is 19.4. The van der Waals surface area contributed by atoms with Crippen LogP contribution in [0.15, 0.2) is 72.8 Å². The van der Waals surface area contributed by atoms with Gasteiger partial charge in [-0.05, 0) is 61.5 Å². The van der Waals surface area contributed by atoms with Crippen LogP contribution in [0, 0.1) is 5.82 Å². The summed E-state index contributed by atoms with van der Waals surface area (Å²) < 4.78 is 31.5. The van der Waals surface area contributed by atoms with E-state index in [9.17, 15) is 9.18 Å². The number of hydrogen-bond acceptors (Lipinski definition) is 6. The van der Waals surface area contributed by atoms with Crippen molar-refractivity contribution in [3.63, 3.8) is 0 Å². The first-order valence-electron chi connectivity index (χ1n) is 11.1. The Morgan fingerprint density at radius 2 is 1.83 bits per heavy atom. The quantitative estimate of drug-likeness (QED) is 0.333. The van der Waals surface area contributed by atoms with Crippen molar-refractivity contribution >= 4 is 11.6 Å². The Bertz CT molecular complexity index is 1290. The molecule has 4 rings (SSSR count). The Labute approximate surface area is 202 Å². The van der Waals surface area contributed by atoms with Crippen LogP contribution in [0.5, 0.6) is 11.8 Å². The number of halogens is 1. The predicted octanol–water partition coefficient (Wildman–Crippen LogP) is 4.75. The first-order valence-corrected chi connectivity index (χ1v) is 11.1. The largest absolute Gasteiger partial charge is 0.497 e. The minimum Gasteiger partial charge on any atom is -0.497 e. The molecule has 0 aliphatic carbocycles. The Morgan fingerprint density at radius 3 is 2.57 bits per heavy atom. The fourth-order valence-corrected chi connectivity index (χ4v) is 3.34. The van der Waals surface area contributed by atoms with Gasteiger partial charge in [-0.3, -0.25) is 4.79 Å². The van der Waals surface area contributed by atoms with Crippen LogP contribution < -0.4 is 14.8 Å². The van der Waals surface area contributed by atoms with Gasteiger partial charge in [-0.2, -0.15) is 4.98 Å². The molecule has 0 fully saturated rings. The molecule has 9 heteroatoms. The molecule has 1 N–H and O–H groups in total. The number of aromatic nitrogens is 3. The van der Waals surface area contributed by atoms with E-state index in [1.807, 2.05) is 6.92 Å². The van der Waals surface area contributed by atoms with Gasteiger partial charge in [0.05, 0.1) is 19.4 Å². The molecule has 0 bridgehead atoms. The van der Waals surface area contributed by atoms with E-state index in [0.717, 1.165) is 0 Å². The van der Waals surface area contributed by atoms with Crippen LogP contribution in [0.2, 0.25) is 0 Å². The molecule has 1 amide bonds. The lowest BCUT2D eigenvalue weighted by Gasteiger charge is -2.09. The van der Waals surface area contributed by atoms with Crippen LogP contribution in [0.4, 0.5) is 10.1 Å². The lowest BCUT2D eigenvalue weighted by atomic mass is 10.2. The SMILES string of the molecule is CCOCCOc1nc(-c2cccc(F)c2)n(-c2ccc(NC(=O)c3cccc(OC)c3)cc2)n1. The van der Waals surface area contributed by atoms with E-state index >= 15 is 0 Å². The number of amides is 1. The summed E-state index contributed by atoms with van der Waals surface area (Å²) in [7, 11) is 1.55. The summed E-state index contributed by atoms with van der Waals surface area (Å²) in [6, 6.07) is 20.2. The molecule has 0 radical (unpaired) electrons. The van der Waals surface area contributed by atoms with Gasteiger partial charge in [-0.25, -0.2) is 9.07 Å². The lowest BCUT2D eigenvalue weighted by Crippen LogP contribution is -2.12. The number of rotatable bonds is 10. The highest BCUT2D eigenvalue weighted by Gasteiger charge is 2.16. The van der Waals surface area contributed by atoms with Crippen LogP contribution in [0.3, 0.4) is 0 Å². The summed E-state index contributed by atoms with van der Waals surface area (Å²) in [4.78, 5) is 17.1. The van der Waals surface area contributed by atoms with Gasteiger partial charge in [0.2, 0.25) is 0 Å². The van der Waals surface area contributed by atoms with Crippen molar-refractivity contribution in [3.05, 3.63) is 84.2 Å². The number of nitrogens with one attached hydrogen (secondary N) is 1. The van der Waals surface area contributed by atoms with Crippen molar-refractivity contribution in [2.24, 2.45) is 0 Å². The number of hydrogen-bond donors (Lipinski definition) is 1. The third-order valence-electron chi connectivity index (χ3n) is 5.04. The van der Waals surface area contributed by atoms with E-state index in [0.29, 0.717) is 47.3 Å². The average molecular weight is 477 g/mol. The molecule has 0 saturated heterocycles. The minimum absolute atomic E-state index is 0.152. The molecule has 0 aliphatic rings. The molecule has 0 atom stereocenters. The highest BCUT2D eigenvalue weighted by Crippen LogP contribution is 2.25. The first-order chi connectivity index (χ1) is 17.1. The molecule has 0 unspecified atom stereocenters. The number of nitrogens with zero attached hydrogens (tertiary/aromatic N) is 3. The van der Waals surface area contributed by atoms with Crippen LogP contribution in [0.25, 0.3) is 17.1 Å². The number of carbonyl (C=O) groups excluding carboxylic acids is 1. The Balaban J connectivity index is 1.57. The highest BCUT2D eigenvalue weighted by atomic mass is 19.1. The van der Waals surface area contributed by atoms with Crippen LogP contribution in [-0.2, 0) is 4.74 Å². The van der Waals surface area contributed by atoms with Gasteiger partial charge in [-0.1, -0.05) is 18.2 Å². The number of anilines is 1. The standard InChI is InChI=1S/C26H25FN4O4/c1-3-34-14-15-35-26-29-24(18-6-4-8-20(27)16-18)31(30-26)22-12-10-21(11-13-22)28-25(32)19-7-5-9-23(17-19)33-2/h4-13,16-17H,3,14-15H2,1-2H3,(H,28,32). The Kier molecular flexibility index (Phi) is 7.69. The van der Waals surface area contributed by atoms with Crippen molar-refractivity contribution in [1.29, 1.82) is 0 Å². The number of methoxy groups -OCH3 is 1. The monoisotopic (exact) mass is 476 g/mol. The maximum atomic E-state index is 13.9. The van der Waals surface area contributed by atoms with Gasteiger partial charge in [0.15, 0.2) is 5.82 Å². The van der Waals surface area contributed by atoms with E-state index in [-0.39, 0.29) is 24.3 Å². The molecule has 8 nitrogen and oxygen atoms in total. The summed E-state index contributed by atoms with van der Waals surface area (Å²) in [5.74, 6) is 0.377. The van der Waals surface area contributed by atoms with Crippen LogP contribution >= 0.6 is 0 Å². The molecule has 0 aliphatic heterocycles. The van der Waals surface area contributed by atoms with E-state index in [1.54, 1.807) is 72.5 Å². The Morgan fingerprint density at radius 1 is 1.03 bits per heavy atom. The lowest BCUT2D eigenvalue weighted by molar-refractivity contribution is 0.102. The second kappa shape index (κ2) is 11.3. The fraction of sp³-hybridized carbons (Fsp3) is 0.192. The van der Waals surface area contributed by atoms with E-state index < -0.39 is 0 Å². The summed E-state index contributed by atoms with van der Waals surface area (Å²) in [5, 5.41) is 7.30. The molecule has 0 saturated carbocycles. The van der Waals surface area contributed by atoms with E-state index in [1.165, 1.54) is 12.1 Å². The number of ether oxygens (including phenoxy) is 3. The van der Waals surface area contributed by atoms with Gasteiger partial charge < -0.3 is 19.5 Å². The molecule has 35 heavy (non-hydrogen) atoms. The van der Waals surface area contributed by atoms with Crippen molar-refractivity contribution in [3.8, 4) is 28.8 Å². The summed E-state index contributed by atoms with van der Waals surface area (Å²) in [6.45, 7) is 3.18. The third kappa shape index (κ3) is 6.01. The summed E-state index contributed by atoms with van der Waals surface area (Å²) in [6.07, 6.45) is 0. The van der Waals surface area contributed by atoms with E-state index in [4.69, 9.17) is 14.2 Å². The van der Waals surface area contributed by atoms with Crippen molar-refractivity contribution in [2.45, 2.75) is 6.92 Å². The molecular formula is C26H25FN4O4. The normalized spacial score (nSPS) is 10.7. The molecular weight excluding hydrogens is 451 g/mol. The maximum Gasteiger partial charge on any atom is 0.336 e. The highest BCUT2D eigenvalue weighted by molar-refractivity contribution is 6.04. The first kappa shape index (κ1) is 23.9. The minimum atomic E-state index is -0.383. The summed E-state index contributed by atoms with van der Waals surface area (Å²) in [5.41, 5.74) is 2.29. The molecule has 4 aromatic rings. The molecule has 3 aromatic carbocycles. The molecule has 1 heterocycles. The topological polar surface area (TPSA) is 87.5 Å². The second-order valence-corrected chi connectivity index (χ2v) is 7.42. The van der Waals surface area contributed by atoms with E-state index in [2.05, 4.69) is 15.4 Å². The number of benzene rings is 3. The average Bonchev–Trinajstić information content (AvgIpc) is 3.31. The zero-order chi connectivity index (χ0) is 24.6. The summed E-state index contributed by atoms with van der Waals surface area (Å²) >= 11 is 0. The maximum absolute atomic E-state index is 13.9. The second-order valence-electron chi connectivity index (χ2n) is 7.42. The number of carbonyl (C=O) groups is 1. The van der Waals surface area contributed by atoms with Crippen molar-refractivity contribution in [1.82, 2.24) is 14.8 Å². The zero-order valence-corrected chi connectivity index (χ0v) is 19.4. The third-order valence-corrected chi connectivity index (χ3v) is 5.04. The smallest absolute Gasteiger partial charge is 0.336 e. The van der Waals surface area contributed by atoms with Gasteiger partial charge in [-0.15, -0.1) is 5.10 Å². The van der Waals surface area contributed by atoms with Crippen molar-refractivity contribution < 1.29 is 23.4 Å². The predicted molar refractivity (Wildman–Crippen MR) is 130 cm³/mol. The van der Waals surface area contributed by atoms with Crippen molar-refractivity contribution in [2.75, 3.05) is 32.2 Å². The van der Waals surface area contributed by atoms with Gasteiger partial charge in [0.25, 0.3) is 5.91 Å².